The van der Waals surface area contributed by atoms with E-state index in [4.69, 9.17) is 0 Å². The molecule has 0 aromatic carbocycles. The number of hydrogen-bond donors (Lipinski definition) is 3. The Labute approximate surface area is 224 Å². The van der Waals surface area contributed by atoms with E-state index in [1.54, 1.807) is 6.08 Å². The summed E-state index contributed by atoms with van der Waals surface area (Å²) in [6.45, 7) is 4.22. The molecule has 4 nitrogen and oxygen atoms in total. The van der Waals surface area contributed by atoms with Crippen molar-refractivity contribution >= 4 is 5.91 Å². The predicted molar refractivity (Wildman–Crippen MR) is 156 cm³/mol. The number of nitrogens with one attached hydrogen (secondary N) is 1. The average molecular weight is 508 g/mol. The standard InChI is InChI=1S/C32H61NO3/c1-3-5-7-9-11-13-15-16-18-19-21-23-25-27-31(35)30(29-34)33-32(36)28-26-24-22-20-17-14-12-10-8-6-4-2/h7,9,25,27,30-31,34-35H,3-6,8,10-24,26,28-29H2,1-2H3,(H,33,36)/b9-7+,27-25+/t30-,31+/m0/s1. The molecule has 2 atom stereocenters. The van der Waals surface area contributed by atoms with Crippen LogP contribution >= 0.6 is 0 Å². The van der Waals surface area contributed by atoms with Crippen molar-refractivity contribution in [1.29, 1.82) is 0 Å². The number of unbranched alkanes of at least 4 members (excludes halogenated alkanes) is 18. The van der Waals surface area contributed by atoms with Crippen molar-refractivity contribution in [1.82, 2.24) is 5.32 Å². The van der Waals surface area contributed by atoms with Crippen LogP contribution in [0.4, 0.5) is 0 Å². The maximum absolute atomic E-state index is 12.2. The topological polar surface area (TPSA) is 69.6 Å². The molecule has 212 valence electrons. The van der Waals surface area contributed by atoms with E-state index in [1.807, 2.05) is 6.08 Å². The zero-order valence-electron chi connectivity index (χ0n) is 24.0. The maximum Gasteiger partial charge on any atom is 0.220 e. The Kier molecular flexibility index (Phi) is 27.5. The summed E-state index contributed by atoms with van der Waals surface area (Å²) in [6.07, 6.45) is 33.9. The number of carbonyl (C=O) groups excluding carboxylic acids is 1. The fourth-order valence-corrected chi connectivity index (χ4v) is 4.47. The van der Waals surface area contributed by atoms with Crippen LogP contribution in [-0.2, 0) is 4.79 Å². The summed E-state index contributed by atoms with van der Waals surface area (Å²) in [6, 6.07) is -0.618. The highest BCUT2D eigenvalue weighted by atomic mass is 16.3. The average Bonchev–Trinajstić information content (AvgIpc) is 2.88. The van der Waals surface area contributed by atoms with Gasteiger partial charge in [-0.2, -0.15) is 0 Å². The minimum absolute atomic E-state index is 0.0710. The number of rotatable bonds is 27. The first kappa shape index (κ1) is 34.9. The molecular weight excluding hydrogens is 446 g/mol. The van der Waals surface area contributed by atoms with E-state index >= 15 is 0 Å². The monoisotopic (exact) mass is 507 g/mol. The molecule has 0 spiro atoms. The lowest BCUT2D eigenvalue weighted by atomic mass is 10.0. The second-order valence-electron chi connectivity index (χ2n) is 10.5. The molecule has 0 saturated heterocycles. The molecule has 36 heavy (non-hydrogen) atoms. The van der Waals surface area contributed by atoms with Gasteiger partial charge in [-0.05, 0) is 38.5 Å². The number of hydrogen-bond acceptors (Lipinski definition) is 3. The Morgan fingerprint density at radius 2 is 1.11 bits per heavy atom. The molecule has 0 unspecified atom stereocenters. The Balaban J connectivity index is 3.69. The van der Waals surface area contributed by atoms with Crippen LogP contribution in [0.1, 0.15) is 155 Å². The summed E-state index contributed by atoms with van der Waals surface area (Å²) in [7, 11) is 0. The summed E-state index contributed by atoms with van der Waals surface area (Å²) in [5.41, 5.74) is 0. The van der Waals surface area contributed by atoms with Gasteiger partial charge in [0.1, 0.15) is 0 Å². The second kappa shape index (κ2) is 28.4. The highest BCUT2D eigenvalue weighted by molar-refractivity contribution is 5.76. The highest BCUT2D eigenvalue weighted by Crippen LogP contribution is 2.12. The van der Waals surface area contributed by atoms with Crippen molar-refractivity contribution in [2.45, 2.75) is 167 Å². The lowest BCUT2D eigenvalue weighted by Crippen LogP contribution is -2.45. The molecule has 0 fully saturated rings. The van der Waals surface area contributed by atoms with Crippen molar-refractivity contribution in [2.24, 2.45) is 0 Å². The van der Waals surface area contributed by atoms with Gasteiger partial charge >= 0.3 is 0 Å². The molecule has 0 radical (unpaired) electrons. The van der Waals surface area contributed by atoms with E-state index in [-0.39, 0.29) is 12.5 Å². The van der Waals surface area contributed by atoms with E-state index in [0.29, 0.717) is 6.42 Å². The largest absolute Gasteiger partial charge is 0.394 e. The van der Waals surface area contributed by atoms with Gasteiger partial charge < -0.3 is 15.5 Å². The zero-order valence-corrected chi connectivity index (χ0v) is 24.0. The van der Waals surface area contributed by atoms with Crippen LogP contribution < -0.4 is 5.32 Å². The van der Waals surface area contributed by atoms with Crippen LogP contribution in [0.3, 0.4) is 0 Å². The maximum atomic E-state index is 12.2. The highest BCUT2D eigenvalue weighted by Gasteiger charge is 2.17. The van der Waals surface area contributed by atoms with Crippen LogP contribution in [-0.4, -0.2) is 34.9 Å². The van der Waals surface area contributed by atoms with Gasteiger partial charge in [-0.3, -0.25) is 4.79 Å². The molecule has 0 rings (SSSR count). The fourth-order valence-electron chi connectivity index (χ4n) is 4.47. The lowest BCUT2D eigenvalue weighted by molar-refractivity contribution is -0.123. The van der Waals surface area contributed by atoms with Crippen LogP contribution in [0.5, 0.6) is 0 Å². The fraction of sp³-hybridized carbons (Fsp3) is 0.844. The third-order valence-corrected chi connectivity index (χ3v) is 6.91. The predicted octanol–water partition coefficient (Wildman–Crippen LogP) is 8.56. The van der Waals surface area contributed by atoms with Crippen molar-refractivity contribution in [3.8, 4) is 0 Å². The minimum atomic E-state index is -0.836. The SMILES string of the molecule is CCC/C=C/CCCCCCCC/C=C/[C@@H](O)[C@H](CO)NC(=O)CCCCCCCCCCCCC. The molecule has 0 bridgehead atoms. The molecule has 3 N–H and O–H groups in total. The molecular formula is C32H61NO3. The Morgan fingerprint density at radius 3 is 1.64 bits per heavy atom. The summed E-state index contributed by atoms with van der Waals surface area (Å²) in [5, 5.41) is 22.7. The quantitative estimate of drug-likeness (QED) is 0.0770. The van der Waals surface area contributed by atoms with E-state index in [9.17, 15) is 15.0 Å². The number of aliphatic hydroxyl groups excluding tert-OH is 2. The number of carbonyl (C=O) groups is 1. The molecule has 1 amide bonds. The van der Waals surface area contributed by atoms with Gasteiger partial charge in [-0.25, -0.2) is 0 Å². The van der Waals surface area contributed by atoms with E-state index < -0.39 is 12.1 Å². The molecule has 0 saturated carbocycles. The first-order chi connectivity index (χ1) is 17.7. The Hall–Kier alpha value is -1.13. The van der Waals surface area contributed by atoms with Gasteiger partial charge in [0, 0.05) is 6.42 Å². The van der Waals surface area contributed by atoms with Crippen LogP contribution in [0.2, 0.25) is 0 Å². The smallest absolute Gasteiger partial charge is 0.220 e. The van der Waals surface area contributed by atoms with Crippen molar-refractivity contribution < 1.29 is 15.0 Å². The number of amides is 1. The number of aliphatic hydroxyl groups is 2. The van der Waals surface area contributed by atoms with Crippen LogP contribution in [0.25, 0.3) is 0 Å². The van der Waals surface area contributed by atoms with Gasteiger partial charge in [-0.1, -0.05) is 134 Å². The van der Waals surface area contributed by atoms with Crippen LogP contribution in [0.15, 0.2) is 24.3 Å². The number of allylic oxidation sites excluding steroid dienone is 3. The lowest BCUT2D eigenvalue weighted by Gasteiger charge is -2.20. The summed E-state index contributed by atoms with van der Waals surface area (Å²) >= 11 is 0. The van der Waals surface area contributed by atoms with Crippen molar-refractivity contribution in [3.05, 3.63) is 24.3 Å². The molecule has 0 aliphatic rings. The van der Waals surface area contributed by atoms with E-state index in [0.717, 1.165) is 25.7 Å². The first-order valence-corrected chi connectivity index (χ1v) is 15.6. The van der Waals surface area contributed by atoms with Crippen LogP contribution in [0, 0.1) is 0 Å². The van der Waals surface area contributed by atoms with Gasteiger partial charge in [0.15, 0.2) is 0 Å². The molecule has 0 aliphatic carbocycles. The zero-order chi connectivity index (χ0) is 26.5. The first-order valence-electron chi connectivity index (χ1n) is 15.6. The Morgan fingerprint density at radius 1 is 0.639 bits per heavy atom. The third kappa shape index (κ3) is 24.6. The molecule has 0 aliphatic heterocycles. The molecule has 0 aromatic rings. The van der Waals surface area contributed by atoms with Gasteiger partial charge in [0.2, 0.25) is 5.91 Å². The second-order valence-corrected chi connectivity index (χ2v) is 10.5. The van der Waals surface area contributed by atoms with Gasteiger partial charge in [0.05, 0.1) is 18.8 Å². The summed E-state index contributed by atoms with van der Waals surface area (Å²) in [5.74, 6) is -0.0710. The van der Waals surface area contributed by atoms with Gasteiger partial charge in [-0.15, -0.1) is 0 Å². The van der Waals surface area contributed by atoms with Gasteiger partial charge in [0.25, 0.3) is 0 Å². The third-order valence-electron chi connectivity index (χ3n) is 6.91. The molecule has 4 heteroatoms. The summed E-state index contributed by atoms with van der Waals surface area (Å²) in [4.78, 5) is 12.2. The van der Waals surface area contributed by atoms with Crippen molar-refractivity contribution in [3.63, 3.8) is 0 Å². The summed E-state index contributed by atoms with van der Waals surface area (Å²) < 4.78 is 0. The van der Waals surface area contributed by atoms with E-state index in [2.05, 4.69) is 31.3 Å². The molecule has 0 heterocycles. The van der Waals surface area contributed by atoms with E-state index in [1.165, 1.54) is 109 Å². The minimum Gasteiger partial charge on any atom is -0.394 e. The normalized spacial score (nSPS) is 13.6. The Bertz CT molecular complexity index is 518. The van der Waals surface area contributed by atoms with Crippen molar-refractivity contribution in [2.75, 3.05) is 6.61 Å². The molecule has 0 aromatic heterocycles.